The Morgan fingerprint density at radius 2 is 2.15 bits per heavy atom. The molecule has 0 amide bonds. The van der Waals surface area contributed by atoms with Gasteiger partial charge in [0.05, 0.1) is 6.54 Å². The number of nitrogens with zero attached hydrogens (tertiary/aromatic N) is 2. The molecule has 0 radical (unpaired) electrons. The summed E-state index contributed by atoms with van der Waals surface area (Å²) in [7, 11) is 0. The van der Waals surface area contributed by atoms with Crippen molar-refractivity contribution in [1.29, 1.82) is 0 Å². The number of aromatic nitrogens is 2. The van der Waals surface area contributed by atoms with Gasteiger partial charge in [-0.25, -0.2) is 0 Å². The number of benzene rings is 1. The van der Waals surface area contributed by atoms with Crippen molar-refractivity contribution in [3.05, 3.63) is 36.2 Å². The molecule has 2 saturated carbocycles. The van der Waals surface area contributed by atoms with Crippen molar-refractivity contribution in [2.24, 2.45) is 11.3 Å². The predicted molar refractivity (Wildman–Crippen MR) is 75.8 cm³/mol. The van der Waals surface area contributed by atoms with Crippen molar-refractivity contribution < 1.29 is 4.52 Å². The third-order valence-corrected chi connectivity index (χ3v) is 4.82. The highest BCUT2D eigenvalue weighted by atomic mass is 16.5. The molecule has 4 rings (SSSR count). The molecule has 1 heterocycles. The molecule has 1 aromatic carbocycles. The molecule has 2 atom stereocenters. The van der Waals surface area contributed by atoms with Crippen LogP contribution in [0.3, 0.4) is 0 Å². The molecule has 2 unspecified atom stereocenters. The van der Waals surface area contributed by atoms with E-state index in [1.54, 1.807) is 0 Å². The summed E-state index contributed by atoms with van der Waals surface area (Å²) in [5, 5.41) is 7.56. The average Bonchev–Trinajstić information content (AvgIpc) is 3.37. The van der Waals surface area contributed by atoms with Crippen molar-refractivity contribution in [2.45, 2.75) is 38.8 Å². The quantitative estimate of drug-likeness (QED) is 0.906. The van der Waals surface area contributed by atoms with Crippen LogP contribution < -0.4 is 5.32 Å². The van der Waals surface area contributed by atoms with Gasteiger partial charge in [0.15, 0.2) is 0 Å². The zero-order valence-electron chi connectivity index (χ0n) is 11.7. The molecule has 0 saturated heterocycles. The van der Waals surface area contributed by atoms with Crippen LogP contribution >= 0.6 is 0 Å². The second-order valence-corrected chi connectivity index (χ2v) is 6.22. The summed E-state index contributed by atoms with van der Waals surface area (Å²) in [5.74, 6) is 2.19. The van der Waals surface area contributed by atoms with Gasteiger partial charge in [-0.05, 0) is 37.5 Å². The Morgan fingerprint density at radius 1 is 1.35 bits per heavy atom. The highest BCUT2D eigenvalue weighted by Crippen LogP contribution is 2.71. The average molecular weight is 269 g/mol. The van der Waals surface area contributed by atoms with E-state index in [0.29, 0.717) is 24.3 Å². The van der Waals surface area contributed by atoms with E-state index >= 15 is 0 Å². The van der Waals surface area contributed by atoms with Crippen LogP contribution in [0.4, 0.5) is 0 Å². The van der Waals surface area contributed by atoms with Crippen LogP contribution in [0.5, 0.6) is 0 Å². The van der Waals surface area contributed by atoms with E-state index in [-0.39, 0.29) is 0 Å². The molecule has 2 fully saturated rings. The lowest BCUT2D eigenvalue weighted by Crippen LogP contribution is -2.28. The molecule has 0 bridgehead atoms. The molecule has 2 aliphatic carbocycles. The Hall–Kier alpha value is -1.68. The van der Waals surface area contributed by atoms with Gasteiger partial charge in [0.1, 0.15) is 0 Å². The van der Waals surface area contributed by atoms with Gasteiger partial charge in [-0.1, -0.05) is 35.5 Å². The summed E-state index contributed by atoms with van der Waals surface area (Å²) in [4.78, 5) is 4.44. The van der Waals surface area contributed by atoms with E-state index in [2.05, 4.69) is 22.4 Å². The van der Waals surface area contributed by atoms with Crippen LogP contribution in [-0.4, -0.2) is 16.2 Å². The Balaban J connectivity index is 1.36. The molecule has 1 aromatic heterocycles. The Labute approximate surface area is 118 Å². The molecule has 4 heteroatoms. The van der Waals surface area contributed by atoms with E-state index in [1.807, 2.05) is 30.3 Å². The van der Waals surface area contributed by atoms with Crippen molar-refractivity contribution in [2.75, 3.05) is 0 Å². The lowest BCUT2D eigenvalue weighted by atomic mass is 10.1. The summed E-state index contributed by atoms with van der Waals surface area (Å²) >= 11 is 0. The molecule has 20 heavy (non-hydrogen) atoms. The van der Waals surface area contributed by atoms with Crippen molar-refractivity contribution in [3.63, 3.8) is 0 Å². The van der Waals surface area contributed by atoms with Gasteiger partial charge in [0.25, 0.3) is 0 Å². The molecule has 4 nitrogen and oxygen atoms in total. The number of nitrogens with one attached hydrogen (secondary N) is 1. The maximum atomic E-state index is 5.31. The topological polar surface area (TPSA) is 51.0 Å². The zero-order chi connectivity index (χ0) is 13.6. The Kier molecular flexibility index (Phi) is 2.67. The molecular formula is C16H19N3O. The third-order valence-electron chi connectivity index (χ3n) is 4.82. The van der Waals surface area contributed by atoms with Crippen molar-refractivity contribution in [3.8, 4) is 11.4 Å². The van der Waals surface area contributed by atoms with Crippen molar-refractivity contribution in [1.82, 2.24) is 15.5 Å². The first kappa shape index (κ1) is 12.1. The maximum absolute atomic E-state index is 5.31. The SMILES string of the molecule is CC(NCc1nc(-c2ccccc2)no1)C1CC12CC2. The first-order valence-electron chi connectivity index (χ1n) is 7.38. The van der Waals surface area contributed by atoms with Gasteiger partial charge in [-0.2, -0.15) is 4.98 Å². The van der Waals surface area contributed by atoms with E-state index < -0.39 is 0 Å². The minimum atomic E-state index is 0.546. The van der Waals surface area contributed by atoms with Crippen LogP contribution in [-0.2, 0) is 6.54 Å². The van der Waals surface area contributed by atoms with Crippen LogP contribution in [0.1, 0.15) is 32.1 Å². The highest BCUT2D eigenvalue weighted by molar-refractivity contribution is 5.53. The van der Waals surface area contributed by atoms with E-state index in [0.717, 1.165) is 16.9 Å². The maximum Gasteiger partial charge on any atom is 0.240 e. The smallest absolute Gasteiger partial charge is 0.240 e. The summed E-state index contributed by atoms with van der Waals surface area (Å²) in [6.45, 7) is 2.93. The van der Waals surface area contributed by atoms with E-state index in [9.17, 15) is 0 Å². The standard InChI is InChI=1S/C16H19N3O/c1-11(13-9-16(13)7-8-16)17-10-14-18-15(19-20-14)12-5-3-2-4-6-12/h2-6,11,13,17H,7-10H2,1H3. The largest absolute Gasteiger partial charge is 0.338 e. The Bertz CT molecular complexity index is 603. The summed E-state index contributed by atoms with van der Waals surface area (Å²) in [5.41, 5.74) is 1.73. The first-order valence-corrected chi connectivity index (χ1v) is 7.38. The fraction of sp³-hybridized carbons (Fsp3) is 0.500. The van der Waals surface area contributed by atoms with E-state index in [4.69, 9.17) is 4.52 Å². The Morgan fingerprint density at radius 3 is 2.85 bits per heavy atom. The molecule has 0 aliphatic heterocycles. The second kappa shape index (κ2) is 4.42. The number of hydrogen-bond acceptors (Lipinski definition) is 4. The van der Waals surface area contributed by atoms with Gasteiger partial charge < -0.3 is 9.84 Å². The molecule has 2 aliphatic rings. The number of rotatable bonds is 5. The second-order valence-electron chi connectivity index (χ2n) is 6.22. The van der Waals surface area contributed by atoms with Gasteiger partial charge >= 0.3 is 0 Å². The van der Waals surface area contributed by atoms with Gasteiger partial charge in [-0.15, -0.1) is 0 Å². The number of hydrogen-bond donors (Lipinski definition) is 1. The molecule has 104 valence electrons. The van der Waals surface area contributed by atoms with Crippen LogP contribution in [0.2, 0.25) is 0 Å². The van der Waals surface area contributed by atoms with Crippen LogP contribution in [0.15, 0.2) is 34.9 Å². The minimum absolute atomic E-state index is 0.546. The fourth-order valence-corrected chi connectivity index (χ4v) is 3.24. The highest BCUT2D eigenvalue weighted by Gasteiger charge is 2.63. The van der Waals surface area contributed by atoms with Gasteiger partial charge in [0.2, 0.25) is 11.7 Å². The molecule has 1 N–H and O–H groups in total. The monoisotopic (exact) mass is 269 g/mol. The lowest BCUT2D eigenvalue weighted by Gasteiger charge is -2.11. The summed E-state index contributed by atoms with van der Waals surface area (Å²) < 4.78 is 5.31. The lowest BCUT2D eigenvalue weighted by molar-refractivity contribution is 0.351. The predicted octanol–water partition coefficient (Wildman–Crippen LogP) is 3.01. The normalized spacial score (nSPS) is 23.8. The molecule has 2 aromatic rings. The summed E-state index contributed by atoms with van der Waals surface area (Å²) in [6.07, 6.45) is 4.27. The van der Waals surface area contributed by atoms with Crippen LogP contribution in [0, 0.1) is 11.3 Å². The third kappa shape index (κ3) is 2.14. The minimum Gasteiger partial charge on any atom is -0.338 e. The van der Waals surface area contributed by atoms with Crippen molar-refractivity contribution >= 4 is 0 Å². The molecular weight excluding hydrogens is 250 g/mol. The van der Waals surface area contributed by atoms with Gasteiger partial charge in [0, 0.05) is 11.6 Å². The van der Waals surface area contributed by atoms with Crippen LogP contribution in [0.25, 0.3) is 11.4 Å². The summed E-state index contributed by atoms with van der Waals surface area (Å²) in [6, 6.07) is 10.5. The zero-order valence-corrected chi connectivity index (χ0v) is 11.7. The first-order chi connectivity index (χ1) is 9.77. The van der Waals surface area contributed by atoms with E-state index in [1.165, 1.54) is 19.3 Å². The van der Waals surface area contributed by atoms with Gasteiger partial charge in [-0.3, -0.25) is 0 Å². The molecule has 1 spiro atoms. The fourth-order valence-electron chi connectivity index (χ4n) is 3.24.